The van der Waals surface area contributed by atoms with Crippen molar-refractivity contribution in [3.63, 3.8) is 0 Å². The SMILES string of the molecule is Cc1cc(C)c(-n2c(N)c3c(cc2=O)C(=O)NC3=O)cc1C#N. The van der Waals surface area contributed by atoms with E-state index in [1.807, 2.05) is 0 Å². The number of benzene rings is 1. The van der Waals surface area contributed by atoms with Crippen molar-refractivity contribution in [3.05, 3.63) is 56.4 Å². The molecule has 2 amide bonds. The van der Waals surface area contributed by atoms with Gasteiger partial charge in [0.25, 0.3) is 17.4 Å². The Bertz CT molecular complexity index is 996. The third-order valence-electron chi connectivity index (χ3n) is 3.86. The van der Waals surface area contributed by atoms with Crippen LogP contribution in [0.3, 0.4) is 0 Å². The summed E-state index contributed by atoms with van der Waals surface area (Å²) in [6, 6.07) is 6.44. The van der Waals surface area contributed by atoms with E-state index in [4.69, 9.17) is 5.73 Å². The molecule has 0 saturated heterocycles. The van der Waals surface area contributed by atoms with E-state index in [1.54, 1.807) is 26.0 Å². The summed E-state index contributed by atoms with van der Waals surface area (Å²) in [6.07, 6.45) is 0. The van der Waals surface area contributed by atoms with Gasteiger partial charge in [-0.3, -0.25) is 24.3 Å². The van der Waals surface area contributed by atoms with Gasteiger partial charge in [0.05, 0.1) is 28.4 Å². The highest BCUT2D eigenvalue weighted by Crippen LogP contribution is 2.25. The number of nitrogens with one attached hydrogen (secondary N) is 1. The number of hydrogen-bond donors (Lipinski definition) is 2. The van der Waals surface area contributed by atoms with Crippen molar-refractivity contribution >= 4 is 17.6 Å². The number of nitrogens with two attached hydrogens (primary N) is 1. The lowest BCUT2D eigenvalue weighted by atomic mass is 10.0. The van der Waals surface area contributed by atoms with Crippen LogP contribution in [0.25, 0.3) is 5.69 Å². The Morgan fingerprint density at radius 3 is 2.43 bits per heavy atom. The van der Waals surface area contributed by atoms with Crippen LogP contribution < -0.4 is 16.6 Å². The number of hydrogen-bond acceptors (Lipinski definition) is 5. The molecule has 1 aliphatic rings. The average molecular weight is 308 g/mol. The predicted molar refractivity (Wildman–Crippen MR) is 82.4 cm³/mol. The first-order valence-electron chi connectivity index (χ1n) is 6.78. The fraction of sp³-hybridized carbons (Fsp3) is 0.125. The molecule has 23 heavy (non-hydrogen) atoms. The van der Waals surface area contributed by atoms with E-state index in [1.165, 1.54) is 0 Å². The molecule has 2 heterocycles. The Morgan fingerprint density at radius 1 is 1.09 bits per heavy atom. The van der Waals surface area contributed by atoms with Gasteiger partial charge in [0.2, 0.25) is 0 Å². The average Bonchev–Trinajstić information content (AvgIpc) is 2.75. The minimum Gasteiger partial charge on any atom is -0.384 e. The first-order chi connectivity index (χ1) is 10.8. The third kappa shape index (κ3) is 2.00. The zero-order chi connectivity index (χ0) is 16.9. The summed E-state index contributed by atoms with van der Waals surface area (Å²) < 4.78 is 1.15. The summed E-state index contributed by atoms with van der Waals surface area (Å²) in [5, 5.41) is 11.3. The Kier molecular flexibility index (Phi) is 3.04. The van der Waals surface area contributed by atoms with Crippen LogP contribution >= 0.6 is 0 Å². The second-order valence-electron chi connectivity index (χ2n) is 5.34. The quantitative estimate of drug-likeness (QED) is 0.755. The molecule has 0 fully saturated rings. The van der Waals surface area contributed by atoms with Crippen molar-refractivity contribution in [1.82, 2.24) is 9.88 Å². The molecule has 0 spiro atoms. The van der Waals surface area contributed by atoms with Gasteiger partial charge < -0.3 is 5.73 Å². The molecule has 0 saturated carbocycles. The lowest BCUT2D eigenvalue weighted by Crippen LogP contribution is -2.24. The van der Waals surface area contributed by atoms with Gasteiger partial charge in [-0.15, -0.1) is 0 Å². The molecule has 7 heteroatoms. The van der Waals surface area contributed by atoms with Crippen molar-refractivity contribution in [2.75, 3.05) is 5.73 Å². The van der Waals surface area contributed by atoms with Crippen molar-refractivity contribution < 1.29 is 9.59 Å². The summed E-state index contributed by atoms with van der Waals surface area (Å²) in [4.78, 5) is 35.9. The highest BCUT2D eigenvalue weighted by Gasteiger charge is 2.32. The largest absolute Gasteiger partial charge is 0.384 e. The first-order valence-corrected chi connectivity index (χ1v) is 6.78. The van der Waals surface area contributed by atoms with Crippen LogP contribution in [0.5, 0.6) is 0 Å². The molecular weight excluding hydrogens is 296 g/mol. The number of nitrogens with zero attached hydrogens (tertiary/aromatic N) is 2. The molecular formula is C16H12N4O3. The molecule has 0 unspecified atom stereocenters. The Morgan fingerprint density at radius 2 is 1.78 bits per heavy atom. The van der Waals surface area contributed by atoms with Crippen LogP contribution in [0.15, 0.2) is 23.0 Å². The van der Waals surface area contributed by atoms with Crippen molar-refractivity contribution in [2.24, 2.45) is 0 Å². The number of imide groups is 1. The molecule has 0 radical (unpaired) electrons. The molecule has 7 nitrogen and oxygen atoms in total. The number of nitrogen functional groups attached to an aromatic ring is 1. The number of amides is 2. The fourth-order valence-electron chi connectivity index (χ4n) is 2.73. The van der Waals surface area contributed by atoms with Crippen LogP contribution in [0, 0.1) is 25.2 Å². The van der Waals surface area contributed by atoms with Gasteiger partial charge in [0, 0.05) is 6.07 Å². The Balaban J connectivity index is 2.38. The standard InChI is InChI=1S/C16H12N4O3/c1-7-3-8(2)11(4-9(7)6-17)20-12(21)5-10-13(14(20)18)16(23)19-15(10)22/h3-5H,18H2,1-2H3,(H,19,22,23). The second kappa shape index (κ2) is 4.81. The first kappa shape index (κ1) is 14.5. The fourth-order valence-corrected chi connectivity index (χ4v) is 2.73. The zero-order valence-corrected chi connectivity index (χ0v) is 12.4. The highest BCUT2D eigenvalue weighted by atomic mass is 16.2. The van der Waals surface area contributed by atoms with Crippen LogP contribution in [0.2, 0.25) is 0 Å². The molecule has 1 aliphatic heterocycles. The molecule has 0 atom stereocenters. The molecule has 2 aromatic rings. The maximum Gasteiger partial charge on any atom is 0.262 e. The minimum absolute atomic E-state index is 0.0203. The van der Waals surface area contributed by atoms with E-state index in [0.29, 0.717) is 11.3 Å². The molecule has 3 rings (SSSR count). The molecule has 1 aromatic heterocycles. The predicted octanol–water partition coefficient (Wildman–Crippen LogP) is 0.792. The van der Waals surface area contributed by atoms with Crippen LogP contribution in [-0.4, -0.2) is 16.4 Å². The van der Waals surface area contributed by atoms with Crippen molar-refractivity contribution in [2.45, 2.75) is 13.8 Å². The van der Waals surface area contributed by atoms with Crippen LogP contribution in [-0.2, 0) is 0 Å². The van der Waals surface area contributed by atoms with Gasteiger partial charge >= 0.3 is 0 Å². The molecule has 0 aliphatic carbocycles. The highest BCUT2D eigenvalue weighted by molar-refractivity contribution is 6.23. The van der Waals surface area contributed by atoms with Gasteiger partial charge in [0.1, 0.15) is 5.82 Å². The minimum atomic E-state index is -0.640. The molecule has 1 aromatic carbocycles. The van der Waals surface area contributed by atoms with Gasteiger partial charge in [-0.05, 0) is 31.0 Å². The number of rotatable bonds is 1. The lowest BCUT2D eigenvalue weighted by Gasteiger charge is -2.15. The number of aromatic nitrogens is 1. The number of aryl methyl sites for hydroxylation is 2. The van der Waals surface area contributed by atoms with E-state index in [2.05, 4.69) is 11.4 Å². The Hall–Kier alpha value is -3.40. The number of carbonyl (C=O) groups excluding carboxylic acids is 2. The molecule has 114 valence electrons. The zero-order valence-electron chi connectivity index (χ0n) is 12.4. The maximum atomic E-state index is 12.4. The summed E-state index contributed by atoms with van der Waals surface area (Å²) in [7, 11) is 0. The summed E-state index contributed by atoms with van der Waals surface area (Å²) in [5.74, 6) is -1.40. The number of nitriles is 1. The summed E-state index contributed by atoms with van der Waals surface area (Å²) >= 11 is 0. The number of carbonyl (C=O) groups is 2. The lowest BCUT2D eigenvalue weighted by molar-refractivity contribution is 0.0880. The van der Waals surface area contributed by atoms with E-state index in [-0.39, 0.29) is 16.9 Å². The monoisotopic (exact) mass is 308 g/mol. The van der Waals surface area contributed by atoms with E-state index in [0.717, 1.165) is 21.8 Å². The van der Waals surface area contributed by atoms with Gasteiger partial charge in [-0.25, -0.2) is 0 Å². The van der Waals surface area contributed by atoms with E-state index in [9.17, 15) is 19.6 Å². The van der Waals surface area contributed by atoms with Gasteiger partial charge in [-0.2, -0.15) is 5.26 Å². The summed E-state index contributed by atoms with van der Waals surface area (Å²) in [6.45, 7) is 3.56. The smallest absolute Gasteiger partial charge is 0.262 e. The number of pyridine rings is 1. The number of fused-ring (bicyclic) bond motifs is 1. The Labute approximate surface area is 131 Å². The number of anilines is 1. The van der Waals surface area contributed by atoms with Crippen LogP contribution in [0.1, 0.15) is 37.4 Å². The van der Waals surface area contributed by atoms with E-state index < -0.39 is 17.4 Å². The van der Waals surface area contributed by atoms with Gasteiger partial charge in [-0.1, -0.05) is 6.07 Å². The van der Waals surface area contributed by atoms with Crippen molar-refractivity contribution in [1.29, 1.82) is 5.26 Å². The normalized spacial score (nSPS) is 12.7. The van der Waals surface area contributed by atoms with E-state index >= 15 is 0 Å². The topological polar surface area (TPSA) is 118 Å². The van der Waals surface area contributed by atoms with Gasteiger partial charge in [0.15, 0.2) is 0 Å². The van der Waals surface area contributed by atoms with Crippen LogP contribution in [0.4, 0.5) is 5.82 Å². The third-order valence-corrected chi connectivity index (χ3v) is 3.86. The molecule has 3 N–H and O–H groups in total. The van der Waals surface area contributed by atoms with Crippen molar-refractivity contribution in [3.8, 4) is 11.8 Å². The second-order valence-corrected chi connectivity index (χ2v) is 5.34. The maximum absolute atomic E-state index is 12.4. The molecule has 0 bridgehead atoms. The summed E-state index contributed by atoms with van der Waals surface area (Å²) in [5.41, 5.74) is 7.70.